The monoisotopic (exact) mass is 578 g/mol. The Bertz CT molecular complexity index is 1060. The third-order valence-corrected chi connectivity index (χ3v) is 7.11. The summed E-state index contributed by atoms with van der Waals surface area (Å²) in [7, 11) is 1.53. The van der Waals surface area contributed by atoms with E-state index in [1.807, 2.05) is 30.3 Å². The van der Waals surface area contributed by atoms with Crippen LogP contribution in [0.2, 0.25) is 0 Å². The number of methoxy groups -OCH3 is 1. The fourth-order valence-electron chi connectivity index (χ4n) is 3.37. The van der Waals surface area contributed by atoms with Crippen molar-refractivity contribution in [2.45, 2.75) is 44.5 Å². The predicted molar refractivity (Wildman–Crippen MR) is 143 cm³/mol. The maximum Gasteiger partial charge on any atom is 0.305 e. The van der Waals surface area contributed by atoms with Crippen LogP contribution in [0.1, 0.15) is 31.4 Å². The lowest BCUT2D eigenvalue weighted by atomic mass is 10.0. The van der Waals surface area contributed by atoms with Gasteiger partial charge in [0.15, 0.2) is 5.78 Å². The lowest BCUT2D eigenvalue weighted by Gasteiger charge is -2.24. The number of carboxylic acids is 1. The van der Waals surface area contributed by atoms with E-state index in [1.165, 1.54) is 18.9 Å². The molecule has 0 aliphatic rings. The van der Waals surface area contributed by atoms with Crippen molar-refractivity contribution >= 4 is 51.3 Å². The van der Waals surface area contributed by atoms with Crippen LogP contribution in [0.3, 0.4) is 0 Å². The molecular weight excluding hydrogens is 548 g/mol. The van der Waals surface area contributed by atoms with Crippen molar-refractivity contribution in [1.82, 2.24) is 10.6 Å². The number of ether oxygens (including phenoxy) is 1. The number of rotatable bonds is 14. The molecule has 0 saturated carbocycles. The van der Waals surface area contributed by atoms with Crippen LogP contribution in [-0.2, 0) is 31.4 Å². The number of carboxylic acid groups (broad SMARTS) is 1. The predicted octanol–water partition coefficient (Wildman–Crippen LogP) is 3.60. The third kappa shape index (κ3) is 9.66. The number of carbonyl (C=O) groups is 4. The van der Waals surface area contributed by atoms with Crippen LogP contribution in [0.25, 0.3) is 0 Å². The first kappa shape index (κ1) is 29.4. The molecule has 0 bridgehead atoms. The quantitative estimate of drug-likeness (QED) is 0.313. The molecule has 0 heterocycles. The van der Waals surface area contributed by atoms with Gasteiger partial charge in [0.25, 0.3) is 0 Å². The summed E-state index contributed by atoms with van der Waals surface area (Å²) in [4.78, 5) is 49.9. The fourth-order valence-corrected chi connectivity index (χ4v) is 4.69. The molecular formula is C26H31BrN2O6S. The zero-order chi connectivity index (χ0) is 26.7. The Hall–Kier alpha value is -2.85. The van der Waals surface area contributed by atoms with Gasteiger partial charge in [-0.3, -0.25) is 19.2 Å². The normalized spacial score (nSPS) is 12.5. The first-order valence-electron chi connectivity index (χ1n) is 11.4. The van der Waals surface area contributed by atoms with Gasteiger partial charge in [-0.05, 0) is 35.2 Å². The number of halogens is 1. The molecule has 0 aliphatic heterocycles. The van der Waals surface area contributed by atoms with Crippen LogP contribution in [0.15, 0.2) is 53.0 Å². The number of thioether (sulfide) groups is 1. The van der Waals surface area contributed by atoms with Crippen LogP contribution in [0.4, 0.5) is 0 Å². The van der Waals surface area contributed by atoms with E-state index in [-0.39, 0.29) is 23.9 Å². The van der Waals surface area contributed by atoms with E-state index in [1.54, 1.807) is 32.0 Å². The number of amides is 2. The summed E-state index contributed by atoms with van der Waals surface area (Å²) >= 11 is 4.76. The maximum absolute atomic E-state index is 13.0. The molecule has 0 aliphatic carbocycles. The average Bonchev–Trinajstić information content (AvgIpc) is 2.83. The second kappa shape index (κ2) is 14.6. The standard InChI is InChI=1S/C26H31BrN2O6S/c1-16(2)25(29-23(31)12-18-11-19(35-3)9-10-20(18)27)26(34)28-21(13-24(32)33)22(30)15-36-14-17-7-5-4-6-8-17/h4-11,16,21,25H,12-15H2,1-3H3,(H,28,34)(H,29,31)(H,32,33)/t21?,25-/m0/s1. The highest BCUT2D eigenvalue weighted by molar-refractivity contribution is 9.10. The van der Waals surface area contributed by atoms with Crippen LogP contribution in [0, 0.1) is 5.92 Å². The summed E-state index contributed by atoms with van der Waals surface area (Å²) < 4.78 is 5.93. The second-order valence-corrected chi connectivity index (χ2v) is 10.4. The Morgan fingerprint density at radius 3 is 2.36 bits per heavy atom. The molecule has 3 N–H and O–H groups in total. The molecule has 2 atom stereocenters. The molecule has 36 heavy (non-hydrogen) atoms. The van der Waals surface area contributed by atoms with E-state index in [0.717, 1.165) is 10.0 Å². The number of benzene rings is 2. The molecule has 1 unspecified atom stereocenters. The number of ketones is 1. The van der Waals surface area contributed by atoms with Crippen LogP contribution >= 0.6 is 27.7 Å². The summed E-state index contributed by atoms with van der Waals surface area (Å²) in [6.45, 7) is 3.52. The first-order valence-corrected chi connectivity index (χ1v) is 13.3. The lowest BCUT2D eigenvalue weighted by molar-refractivity contribution is -0.140. The van der Waals surface area contributed by atoms with Crippen molar-refractivity contribution in [1.29, 1.82) is 0 Å². The number of Topliss-reactive ketones (excluding diaryl/α,β-unsaturated/α-hetero) is 1. The van der Waals surface area contributed by atoms with Gasteiger partial charge in [0.1, 0.15) is 11.8 Å². The number of carbonyl (C=O) groups excluding carboxylic acids is 3. The first-order chi connectivity index (χ1) is 17.1. The number of nitrogens with one attached hydrogen (secondary N) is 2. The maximum atomic E-state index is 13.0. The molecule has 2 amide bonds. The number of hydrogen-bond acceptors (Lipinski definition) is 6. The molecule has 0 spiro atoms. The molecule has 8 nitrogen and oxygen atoms in total. The number of aliphatic carboxylic acids is 1. The Balaban J connectivity index is 2.02. The van der Waals surface area contributed by atoms with Crippen LogP contribution < -0.4 is 15.4 Å². The van der Waals surface area contributed by atoms with E-state index < -0.39 is 36.3 Å². The van der Waals surface area contributed by atoms with Gasteiger partial charge in [-0.25, -0.2) is 0 Å². The van der Waals surface area contributed by atoms with Gasteiger partial charge in [-0.1, -0.05) is 60.1 Å². The van der Waals surface area contributed by atoms with Gasteiger partial charge in [0, 0.05) is 10.2 Å². The Kier molecular flexibility index (Phi) is 12.0. The largest absolute Gasteiger partial charge is 0.497 e. The highest BCUT2D eigenvalue weighted by Crippen LogP contribution is 2.23. The van der Waals surface area contributed by atoms with Crippen molar-refractivity contribution in [3.05, 3.63) is 64.1 Å². The minimum absolute atomic E-state index is 0.00188. The van der Waals surface area contributed by atoms with Crippen molar-refractivity contribution in [2.24, 2.45) is 5.92 Å². The summed E-state index contributed by atoms with van der Waals surface area (Å²) in [5.41, 5.74) is 1.73. The molecule has 2 aromatic carbocycles. The van der Waals surface area contributed by atoms with Gasteiger partial charge < -0.3 is 20.5 Å². The summed E-state index contributed by atoms with van der Waals surface area (Å²) in [6, 6.07) is 12.7. The van der Waals surface area contributed by atoms with E-state index >= 15 is 0 Å². The highest BCUT2D eigenvalue weighted by Gasteiger charge is 2.30. The van der Waals surface area contributed by atoms with Crippen LogP contribution in [-0.4, -0.2) is 53.6 Å². The van der Waals surface area contributed by atoms with Gasteiger partial charge in [-0.15, -0.1) is 11.8 Å². The Morgan fingerprint density at radius 2 is 1.75 bits per heavy atom. The smallest absolute Gasteiger partial charge is 0.305 e. The topological polar surface area (TPSA) is 122 Å². The second-order valence-electron chi connectivity index (χ2n) is 8.53. The third-order valence-electron chi connectivity index (χ3n) is 5.31. The van der Waals surface area contributed by atoms with Crippen molar-refractivity contribution in [3.63, 3.8) is 0 Å². The van der Waals surface area contributed by atoms with Gasteiger partial charge >= 0.3 is 5.97 Å². The molecule has 0 aromatic heterocycles. The van der Waals surface area contributed by atoms with Gasteiger partial charge in [0.2, 0.25) is 11.8 Å². The zero-order valence-corrected chi connectivity index (χ0v) is 22.9. The van der Waals surface area contributed by atoms with E-state index in [2.05, 4.69) is 26.6 Å². The number of hydrogen-bond donors (Lipinski definition) is 3. The minimum atomic E-state index is -1.20. The molecule has 194 valence electrons. The van der Waals surface area contributed by atoms with Crippen molar-refractivity contribution < 1.29 is 29.0 Å². The average molecular weight is 580 g/mol. The molecule has 10 heteroatoms. The van der Waals surface area contributed by atoms with Gasteiger partial charge in [0.05, 0.1) is 31.7 Å². The van der Waals surface area contributed by atoms with E-state index in [9.17, 15) is 24.3 Å². The van der Waals surface area contributed by atoms with Crippen molar-refractivity contribution in [3.8, 4) is 5.75 Å². The molecule has 0 saturated heterocycles. The summed E-state index contributed by atoms with van der Waals surface area (Å²) in [5.74, 6) is -1.64. The molecule has 2 aromatic rings. The van der Waals surface area contributed by atoms with Gasteiger partial charge in [-0.2, -0.15) is 0 Å². The van der Waals surface area contributed by atoms with Crippen LogP contribution in [0.5, 0.6) is 5.75 Å². The SMILES string of the molecule is COc1ccc(Br)c(CC(=O)N[C@H](C(=O)NC(CC(=O)O)C(=O)CSCc2ccccc2)C(C)C)c1. The highest BCUT2D eigenvalue weighted by atomic mass is 79.9. The summed E-state index contributed by atoms with van der Waals surface area (Å²) in [6.07, 6.45) is -0.534. The summed E-state index contributed by atoms with van der Waals surface area (Å²) in [5, 5.41) is 14.5. The Labute approximate surface area is 223 Å². The van der Waals surface area contributed by atoms with Crippen molar-refractivity contribution in [2.75, 3.05) is 12.9 Å². The van der Waals surface area contributed by atoms with E-state index in [0.29, 0.717) is 17.1 Å². The zero-order valence-electron chi connectivity index (χ0n) is 20.5. The minimum Gasteiger partial charge on any atom is -0.497 e. The lowest BCUT2D eigenvalue weighted by Crippen LogP contribution is -2.54. The molecule has 0 radical (unpaired) electrons. The van der Waals surface area contributed by atoms with E-state index in [4.69, 9.17) is 4.74 Å². The fraction of sp³-hybridized carbons (Fsp3) is 0.385. The molecule has 2 rings (SSSR count). The Morgan fingerprint density at radius 1 is 1.06 bits per heavy atom. The molecule has 0 fully saturated rings.